The Kier molecular flexibility index (Phi) is 2.28. The molecule has 0 saturated carbocycles. The molecule has 2 aromatic rings. The molecule has 0 aromatic carbocycles. The average molecular weight is 212 g/mol. The van der Waals surface area contributed by atoms with Gasteiger partial charge in [0.2, 0.25) is 17.6 Å². The Balaban J connectivity index is 2.48. The van der Waals surface area contributed by atoms with Gasteiger partial charge in [0.1, 0.15) is 17.7 Å². The van der Waals surface area contributed by atoms with Crippen LogP contribution in [0.3, 0.4) is 0 Å². The Labute approximate surface area is 83.1 Å². The summed E-state index contributed by atoms with van der Waals surface area (Å²) >= 11 is 5.41. The number of halogens is 2. The zero-order chi connectivity index (χ0) is 9.97. The predicted molar refractivity (Wildman–Crippen MR) is 45.8 cm³/mol. The molecule has 0 aliphatic heterocycles. The van der Waals surface area contributed by atoms with E-state index >= 15 is 0 Å². The van der Waals surface area contributed by atoms with E-state index in [2.05, 4.69) is 24.9 Å². The van der Waals surface area contributed by atoms with Gasteiger partial charge >= 0.3 is 0 Å². The van der Waals surface area contributed by atoms with Gasteiger partial charge in [0.05, 0.1) is 6.20 Å². The molecule has 0 unspecified atom stereocenters. The van der Waals surface area contributed by atoms with Crippen molar-refractivity contribution in [1.82, 2.24) is 24.9 Å². The maximum atomic E-state index is 12.9. The van der Waals surface area contributed by atoms with Crippen LogP contribution in [-0.4, -0.2) is 24.9 Å². The van der Waals surface area contributed by atoms with Crippen LogP contribution in [0.1, 0.15) is 0 Å². The highest BCUT2D eigenvalue weighted by molar-refractivity contribution is 6.30. The predicted octanol–water partition coefficient (Wildman–Crippen LogP) is 1.12. The summed E-state index contributed by atoms with van der Waals surface area (Å²) in [4.78, 5) is 18.4. The number of aromatic nitrogens is 5. The zero-order valence-corrected chi connectivity index (χ0v) is 7.48. The van der Waals surface area contributed by atoms with Crippen molar-refractivity contribution < 1.29 is 4.39 Å². The van der Waals surface area contributed by atoms with E-state index in [4.69, 9.17) is 11.6 Å². The Morgan fingerprint density at radius 1 is 1.07 bits per heavy atom. The molecule has 7 heteroatoms. The standard InChI is InChI=1S/C7H3ClFN5/c8-4-1-11-7(14-5(4)9)6-12-2-10-3-13-6/h1-3H. The third kappa shape index (κ3) is 1.64. The van der Waals surface area contributed by atoms with Crippen LogP contribution in [0.5, 0.6) is 0 Å². The van der Waals surface area contributed by atoms with Crippen LogP contribution in [-0.2, 0) is 0 Å². The maximum Gasteiger partial charge on any atom is 0.235 e. The van der Waals surface area contributed by atoms with Gasteiger partial charge in [-0.2, -0.15) is 9.37 Å². The largest absolute Gasteiger partial charge is 0.235 e. The molecule has 0 radical (unpaired) electrons. The Morgan fingerprint density at radius 3 is 2.43 bits per heavy atom. The van der Waals surface area contributed by atoms with Crippen LogP contribution < -0.4 is 0 Å². The second kappa shape index (κ2) is 3.59. The van der Waals surface area contributed by atoms with E-state index in [9.17, 15) is 4.39 Å². The van der Waals surface area contributed by atoms with E-state index in [-0.39, 0.29) is 16.7 Å². The zero-order valence-electron chi connectivity index (χ0n) is 6.72. The molecular weight excluding hydrogens is 209 g/mol. The topological polar surface area (TPSA) is 64.5 Å². The third-order valence-corrected chi connectivity index (χ3v) is 1.65. The van der Waals surface area contributed by atoms with Gasteiger partial charge in [0.25, 0.3) is 0 Å². The fraction of sp³-hybridized carbons (Fsp3) is 0. The SMILES string of the molecule is Fc1nc(-c2ncncn2)ncc1Cl. The summed E-state index contributed by atoms with van der Waals surface area (Å²) in [5.41, 5.74) is 0. The summed E-state index contributed by atoms with van der Waals surface area (Å²) in [6.45, 7) is 0. The summed E-state index contributed by atoms with van der Waals surface area (Å²) < 4.78 is 12.9. The van der Waals surface area contributed by atoms with Crippen LogP contribution in [0.4, 0.5) is 4.39 Å². The summed E-state index contributed by atoms with van der Waals surface area (Å²) in [7, 11) is 0. The molecule has 0 spiro atoms. The summed E-state index contributed by atoms with van der Waals surface area (Å²) in [6.07, 6.45) is 3.71. The molecule has 0 saturated heterocycles. The molecule has 2 heterocycles. The van der Waals surface area contributed by atoms with Gasteiger partial charge in [-0.3, -0.25) is 0 Å². The van der Waals surface area contributed by atoms with Gasteiger partial charge in [0.15, 0.2) is 0 Å². The van der Waals surface area contributed by atoms with Crippen LogP contribution in [0, 0.1) is 5.95 Å². The molecule has 0 fully saturated rings. The molecule has 2 aromatic heterocycles. The van der Waals surface area contributed by atoms with Crippen molar-refractivity contribution in [1.29, 1.82) is 0 Å². The van der Waals surface area contributed by atoms with Gasteiger partial charge in [-0.25, -0.2) is 19.9 Å². The van der Waals surface area contributed by atoms with Crippen molar-refractivity contribution in [2.24, 2.45) is 0 Å². The van der Waals surface area contributed by atoms with Gasteiger partial charge in [0, 0.05) is 0 Å². The van der Waals surface area contributed by atoms with Gasteiger partial charge in [-0.05, 0) is 0 Å². The number of rotatable bonds is 1. The minimum Gasteiger partial charge on any atom is -0.232 e. The van der Waals surface area contributed by atoms with E-state index in [1.807, 2.05) is 0 Å². The van der Waals surface area contributed by atoms with Crippen molar-refractivity contribution in [2.75, 3.05) is 0 Å². The van der Waals surface area contributed by atoms with E-state index < -0.39 is 5.95 Å². The quantitative estimate of drug-likeness (QED) is 0.662. The van der Waals surface area contributed by atoms with Gasteiger partial charge < -0.3 is 0 Å². The van der Waals surface area contributed by atoms with Crippen LogP contribution >= 0.6 is 11.6 Å². The van der Waals surface area contributed by atoms with E-state index in [0.717, 1.165) is 6.20 Å². The third-order valence-electron chi connectivity index (χ3n) is 1.39. The molecule has 0 atom stereocenters. The number of hydrogen-bond acceptors (Lipinski definition) is 5. The van der Waals surface area contributed by atoms with E-state index in [1.165, 1.54) is 12.7 Å². The van der Waals surface area contributed by atoms with Crippen LogP contribution in [0.2, 0.25) is 5.02 Å². The van der Waals surface area contributed by atoms with Gasteiger partial charge in [-0.15, -0.1) is 0 Å². The highest BCUT2D eigenvalue weighted by atomic mass is 35.5. The van der Waals surface area contributed by atoms with Crippen molar-refractivity contribution in [3.63, 3.8) is 0 Å². The lowest BCUT2D eigenvalue weighted by molar-refractivity contribution is 0.581. The fourth-order valence-electron chi connectivity index (χ4n) is 0.809. The van der Waals surface area contributed by atoms with E-state index in [1.54, 1.807) is 0 Å². The average Bonchev–Trinajstić information content (AvgIpc) is 2.23. The molecule has 2 rings (SSSR count). The summed E-state index contributed by atoms with van der Waals surface area (Å²) in [5.74, 6) is -0.512. The lowest BCUT2D eigenvalue weighted by Crippen LogP contribution is -1.97. The van der Waals surface area contributed by atoms with Crippen molar-refractivity contribution in [3.05, 3.63) is 29.8 Å². The first-order valence-corrected chi connectivity index (χ1v) is 3.95. The second-order valence-electron chi connectivity index (χ2n) is 2.29. The highest BCUT2D eigenvalue weighted by Crippen LogP contribution is 2.13. The van der Waals surface area contributed by atoms with Crippen LogP contribution in [0.25, 0.3) is 11.6 Å². The molecule has 0 aliphatic rings. The van der Waals surface area contributed by atoms with Gasteiger partial charge in [-0.1, -0.05) is 11.6 Å². The Hall–Kier alpha value is -1.69. The molecular formula is C7H3ClFN5. The lowest BCUT2D eigenvalue weighted by atomic mass is 10.5. The minimum atomic E-state index is -0.794. The Morgan fingerprint density at radius 2 is 1.79 bits per heavy atom. The van der Waals surface area contributed by atoms with Crippen molar-refractivity contribution in [2.45, 2.75) is 0 Å². The number of hydrogen-bond donors (Lipinski definition) is 0. The first-order valence-electron chi connectivity index (χ1n) is 3.58. The Bertz CT molecular complexity index is 449. The molecule has 70 valence electrons. The summed E-state index contributed by atoms with van der Waals surface area (Å²) in [5, 5.41) is -0.136. The molecule has 0 amide bonds. The van der Waals surface area contributed by atoms with E-state index in [0.29, 0.717) is 0 Å². The van der Waals surface area contributed by atoms with Crippen LogP contribution in [0.15, 0.2) is 18.9 Å². The molecule has 0 N–H and O–H groups in total. The van der Waals surface area contributed by atoms with Crippen molar-refractivity contribution in [3.8, 4) is 11.6 Å². The normalized spacial score (nSPS) is 10.1. The first kappa shape index (κ1) is 8.89. The summed E-state index contributed by atoms with van der Waals surface area (Å²) in [6, 6.07) is 0. The molecule has 14 heavy (non-hydrogen) atoms. The smallest absolute Gasteiger partial charge is 0.232 e. The molecule has 0 bridgehead atoms. The molecule has 5 nitrogen and oxygen atoms in total. The molecule has 0 aliphatic carbocycles. The minimum absolute atomic E-state index is 0.0781. The highest BCUT2D eigenvalue weighted by Gasteiger charge is 2.07. The first-order chi connectivity index (χ1) is 6.77. The lowest BCUT2D eigenvalue weighted by Gasteiger charge is -1.97. The second-order valence-corrected chi connectivity index (χ2v) is 2.70. The fourth-order valence-corrected chi connectivity index (χ4v) is 0.900. The maximum absolute atomic E-state index is 12.9. The monoisotopic (exact) mass is 211 g/mol. The number of nitrogens with zero attached hydrogens (tertiary/aromatic N) is 5. The van der Waals surface area contributed by atoms with Crippen molar-refractivity contribution >= 4 is 11.6 Å².